The molecular weight excluding hydrogens is 282 g/mol. The molecule has 3 rings (SSSR count). The summed E-state index contributed by atoms with van der Waals surface area (Å²) in [4.78, 5) is 8.40. The average Bonchev–Trinajstić information content (AvgIpc) is 2.91. The first-order valence-corrected chi connectivity index (χ1v) is 8.59. The first kappa shape index (κ1) is 14.9. The topological polar surface area (TPSA) is 45.5 Å². The van der Waals surface area contributed by atoms with Crippen molar-refractivity contribution in [3.8, 4) is 0 Å². The van der Waals surface area contributed by atoms with Gasteiger partial charge in [-0.25, -0.2) is 9.50 Å². The van der Waals surface area contributed by atoms with Gasteiger partial charge in [0.05, 0.1) is 11.4 Å². The van der Waals surface area contributed by atoms with Gasteiger partial charge < -0.3 is 5.32 Å². The molecule has 3 heterocycles. The standard InChI is InChI=1S/C15H25N5S/c1-9(2)14-13(20-15(17-14)21-12(5)18-20)8-19-7-10(3)16-6-11(19)4/h9-11,16H,6-8H2,1-5H3. The third kappa shape index (κ3) is 2.84. The molecule has 116 valence electrons. The van der Waals surface area contributed by atoms with Crippen molar-refractivity contribution in [1.82, 2.24) is 24.8 Å². The van der Waals surface area contributed by atoms with Crippen LogP contribution >= 0.6 is 11.3 Å². The molecule has 2 atom stereocenters. The zero-order chi connectivity index (χ0) is 15.1. The van der Waals surface area contributed by atoms with Crippen molar-refractivity contribution in [2.45, 2.75) is 59.2 Å². The summed E-state index contributed by atoms with van der Waals surface area (Å²) in [5, 5.41) is 9.28. The van der Waals surface area contributed by atoms with Crippen LogP contribution in [0.2, 0.25) is 0 Å². The second-order valence-electron chi connectivity index (χ2n) is 6.50. The minimum absolute atomic E-state index is 0.435. The summed E-state index contributed by atoms with van der Waals surface area (Å²) in [5.74, 6) is 0.435. The summed E-state index contributed by atoms with van der Waals surface area (Å²) < 4.78 is 2.06. The summed E-state index contributed by atoms with van der Waals surface area (Å²) in [6, 6.07) is 1.09. The maximum Gasteiger partial charge on any atom is 0.212 e. The number of hydrogen-bond acceptors (Lipinski definition) is 5. The van der Waals surface area contributed by atoms with Gasteiger partial charge in [0.25, 0.3) is 0 Å². The maximum atomic E-state index is 4.82. The molecule has 0 saturated carbocycles. The van der Waals surface area contributed by atoms with Gasteiger partial charge in [-0.3, -0.25) is 4.90 Å². The van der Waals surface area contributed by atoms with Crippen LogP contribution in [0.15, 0.2) is 0 Å². The van der Waals surface area contributed by atoms with Crippen molar-refractivity contribution in [2.75, 3.05) is 13.1 Å². The number of nitrogens with zero attached hydrogens (tertiary/aromatic N) is 4. The fourth-order valence-corrected chi connectivity index (χ4v) is 3.79. The van der Waals surface area contributed by atoms with Gasteiger partial charge in [-0.2, -0.15) is 5.10 Å². The van der Waals surface area contributed by atoms with Crippen LogP contribution in [0.4, 0.5) is 0 Å². The van der Waals surface area contributed by atoms with Gasteiger partial charge in [-0.05, 0) is 26.7 Å². The van der Waals surface area contributed by atoms with Gasteiger partial charge in [0, 0.05) is 31.7 Å². The fourth-order valence-electron chi connectivity index (χ4n) is 3.02. The van der Waals surface area contributed by atoms with Gasteiger partial charge in [-0.15, -0.1) is 0 Å². The molecule has 1 N–H and O–H groups in total. The Morgan fingerprint density at radius 2 is 2.14 bits per heavy atom. The molecule has 0 bridgehead atoms. The highest BCUT2D eigenvalue weighted by Crippen LogP contribution is 2.26. The third-order valence-electron chi connectivity index (χ3n) is 4.22. The van der Waals surface area contributed by atoms with Crippen LogP contribution in [0.1, 0.15) is 50.0 Å². The van der Waals surface area contributed by atoms with E-state index in [4.69, 9.17) is 4.98 Å². The van der Waals surface area contributed by atoms with Crippen LogP contribution in [0.25, 0.3) is 4.96 Å². The van der Waals surface area contributed by atoms with E-state index in [2.05, 4.69) is 47.5 Å². The van der Waals surface area contributed by atoms with E-state index >= 15 is 0 Å². The van der Waals surface area contributed by atoms with E-state index in [0.29, 0.717) is 18.0 Å². The number of piperazine rings is 1. The van der Waals surface area contributed by atoms with Crippen LogP contribution in [0.3, 0.4) is 0 Å². The number of rotatable bonds is 3. The minimum Gasteiger partial charge on any atom is -0.311 e. The number of hydrogen-bond donors (Lipinski definition) is 1. The van der Waals surface area contributed by atoms with E-state index in [0.717, 1.165) is 29.6 Å². The molecule has 1 aliphatic rings. The van der Waals surface area contributed by atoms with Crippen molar-refractivity contribution >= 4 is 16.3 Å². The normalized spacial score (nSPS) is 24.3. The van der Waals surface area contributed by atoms with E-state index in [1.807, 2.05) is 6.92 Å². The number of imidazole rings is 1. The first-order valence-electron chi connectivity index (χ1n) is 7.78. The Labute approximate surface area is 130 Å². The number of fused-ring (bicyclic) bond motifs is 1. The second kappa shape index (κ2) is 5.66. The van der Waals surface area contributed by atoms with E-state index in [1.165, 1.54) is 11.4 Å². The summed E-state index contributed by atoms with van der Waals surface area (Å²) in [6.07, 6.45) is 0. The largest absolute Gasteiger partial charge is 0.311 e. The lowest BCUT2D eigenvalue weighted by Gasteiger charge is -2.37. The van der Waals surface area contributed by atoms with Crippen molar-refractivity contribution in [3.05, 3.63) is 16.4 Å². The smallest absolute Gasteiger partial charge is 0.212 e. The maximum absolute atomic E-state index is 4.82. The van der Waals surface area contributed by atoms with Crippen molar-refractivity contribution in [2.24, 2.45) is 0 Å². The Bertz CT molecular complexity index is 629. The summed E-state index contributed by atoms with van der Waals surface area (Å²) in [5.41, 5.74) is 2.47. The van der Waals surface area contributed by atoms with Crippen LogP contribution in [0, 0.1) is 6.92 Å². The molecule has 5 nitrogen and oxygen atoms in total. The highest BCUT2D eigenvalue weighted by Gasteiger charge is 2.26. The van der Waals surface area contributed by atoms with Crippen molar-refractivity contribution in [1.29, 1.82) is 0 Å². The number of aryl methyl sites for hydroxylation is 1. The highest BCUT2D eigenvalue weighted by molar-refractivity contribution is 7.16. The molecule has 1 fully saturated rings. The fraction of sp³-hybridized carbons (Fsp3) is 0.733. The Hall–Kier alpha value is -0.980. The molecule has 2 aromatic rings. The molecule has 2 unspecified atom stereocenters. The molecule has 0 amide bonds. The molecule has 1 aliphatic heterocycles. The lowest BCUT2D eigenvalue weighted by atomic mass is 10.1. The number of nitrogens with one attached hydrogen (secondary N) is 1. The molecule has 0 radical (unpaired) electrons. The van der Waals surface area contributed by atoms with Crippen LogP contribution in [-0.2, 0) is 6.54 Å². The quantitative estimate of drug-likeness (QED) is 0.946. The molecule has 0 spiro atoms. The Morgan fingerprint density at radius 3 is 2.86 bits per heavy atom. The molecule has 0 aliphatic carbocycles. The van der Waals surface area contributed by atoms with Crippen LogP contribution < -0.4 is 5.32 Å². The van der Waals surface area contributed by atoms with E-state index in [9.17, 15) is 0 Å². The molecular formula is C15H25N5S. The van der Waals surface area contributed by atoms with Crippen LogP contribution in [-0.4, -0.2) is 44.7 Å². The molecule has 0 aromatic carbocycles. The SMILES string of the molecule is Cc1nn2c(CN3CC(C)NCC3C)c(C(C)C)nc2s1. The van der Waals surface area contributed by atoms with E-state index in [1.54, 1.807) is 11.3 Å². The predicted octanol–water partition coefficient (Wildman–Crippen LogP) is 2.40. The van der Waals surface area contributed by atoms with E-state index in [-0.39, 0.29) is 0 Å². The van der Waals surface area contributed by atoms with E-state index < -0.39 is 0 Å². The Kier molecular flexibility index (Phi) is 4.03. The van der Waals surface area contributed by atoms with Gasteiger partial charge in [-0.1, -0.05) is 25.2 Å². The zero-order valence-corrected chi connectivity index (χ0v) is 14.4. The van der Waals surface area contributed by atoms with Gasteiger partial charge in [0.2, 0.25) is 4.96 Å². The summed E-state index contributed by atoms with van der Waals surface area (Å²) >= 11 is 1.68. The Morgan fingerprint density at radius 1 is 1.38 bits per heavy atom. The summed E-state index contributed by atoms with van der Waals surface area (Å²) in [6.45, 7) is 14.1. The lowest BCUT2D eigenvalue weighted by Crippen LogP contribution is -2.53. The molecule has 1 saturated heterocycles. The third-order valence-corrected chi connectivity index (χ3v) is 5.05. The highest BCUT2D eigenvalue weighted by atomic mass is 32.1. The molecule has 21 heavy (non-hydrogen) atoms. The predicted molar refractivity (Wildman–Crippen MR) is 87.0 cm³/mol. The van der Waals surface area contributed by atoms with Crippen molar-refractivity contribution in [3.63, 3.8) is 0 Å². The lowest BCUT2D eigenvalue weighted by molar-refractivity contribution is 0.136. The minimum atomic E-state index is 0.435. The van der Waals surface area contributed by atoms with Gasteiger partial charge in [0.1, 0.15) is 5.01 Å². The number of aromatic nitrogens is 3. The summed E-state index contributed by atoms with van der Waals surface area (Å²) in [7, 11) is 0. The Balaban J connectivity index is 1.95. The van der Waals surface area contributed by atoms with Gasteiger partial charge in [0.15, 0.2) is 0 Å². The van der Waals surface area contributed by atoms with Crippen LogP contribution in [0.5, 0.6) is 0 Å². The average molecular weight is 307 g/mol. The second-order valence-corrected chi connectivity index (χ2v) is 7.66. The van der Waals surface area contributed by atoms with Crippen molar-refractivity contribution < 1.29 is 0 Å². The first-order chi connectivity index (χ1) is 9.95. The monoisotopic (exact) mass is 307 g/mol. The molecule has 2 aromatic heterocycles. The van der Waals surface area contributed by atoms with Gasteiger partial charge >= 0.3 is 0 Å². The molecule has 6 heteroatoms. The zero-order valence-electron chi connectivity index (χ0n) is 13.6.